The Morgan fingerprint density at radius 2 is 2.31 bits per heavy atom. The first-order chi connectivity index (χ1) is 7.72. The zero-order chi connectivity index (χ0) is 11.5. The van der Waals surface area contributed by atoms with Gasteiger partial charge in [0.25, 0.3) is 0 Å². The molecule has 2 heterocycles. The molecule has 0 aromatic heterocycles. The molecule has 2 fully saturated rings. The van der Waals surface area contributed by atoms with Gasteiger partial charge in [0.2, 0.25) is 5.91 Å². The second-order valence-electron chi connectivity index (χ2n) is 5.11. The van der Waals surface area contributed by atoms with Crippen LogP contribution < -0.4 is 5.32 Å². The summed E-state index contributed by atoms with van der Waals surface area (Å²) in [6.07, 6.45) is 3.05. The predicted molar refractivity (Wildman–Crippen MR) is 62.0 cm³/mol. The first-order valence-electron chi connectivity index (χ1n) is 6.35. The van der Waals surface area contributed by atoms with Crippen LogP contribution in [-0.2, 0) is 4.79 Å². The quantitative estimate of drug-likeness (QED) is 0.708. The van der Waals surface area contributed by atoms with Gasteiger partial charge in [0.1, 0.15) is 0 Å². The Hall–Kier alpha value is -0.610. The van der Waals surface area contributed by atoms with E-state index in [4.69, 9.17) is 5.11 Å². The molecule has 2 rings (SSSR count). The van der Waals surface area contributed by atoms with Crippen LogP contribution in [0.1, 0.15) is 26.2 Å². The van der Waals surface area contributed by atoms with Gasteiger partial charge in [-0.2, -0.15) is 0 Å². The van der Waals surface area contributed by atoms with Crippen molar-refractivity contribution in [2.24, 2.45) is 11.8 Å². The number of amides is 1. The minimum Gasteiger partial charge on any atom is -0.396 e. The number of nitrogens with one attached hydrogen (secondary N) is 1. The highest BCUT2D eigenvalue weighted by molar-refractivity contribution is 5.80. The van der Waals surface area contributed by atoms with Crippen LogP contribution in [0.25, 0.3) is 0 Å². The summed E-state index contributed by atoms with van der Waals surface area (Å²) < 4.78 is 0. The lowest BCUT2D eigenvalue weighted by Crippen LogP contribution is -2.45. The lowest BCUT2D eigenvalue weighted by molar-refractivity contribution is -0.137. The van der Waals surface area contributed by atoms with E-state index in [-0.39, 0.29) is 18.4 Å². The number of carbonyl (C=O) groups is 1. The third-order valence-electron chi connectivity index (χ3n) is 3.93. The van der Waals surface area contributed by atoms with E-state index in [1.165, 1.54) is 0 Å². The molecule has 4 heteroatoms. The van der Waals surface area contributed by atoms with Gasteiger partial charge in [-0.05, 0) is 38.6 Å². The molecule has 16 heavy (non-hydrogen) atoms. The maximum Gasteiger partial charge on any atom is 0.227 e. The van der Waals surface area contributed by atoms with Gasteiger partial charge < -0.3 is 15.3 Å². The number of hydrogen-bond acceptors (Lipinski definition) is 3. The zero-order valence-corrected chi connectivity index (χ0v) is 9.98. The van der Waals surface area contributed by atoms with Crippen molar-refractivity contribution in [1.29, 1.82) is 0 Å². The Balaban J connectivity index is 1.93. The Bertz CT molecular complexity index is 257. The van der Waals surface area contributed by atoms with Gasteiger partial charge in [0, 0.05) is 25.7 Å². The van der Waals surface area contributed by atoms with E-state index in [0.717, 1.165) is 38.9 Å². The summed E-state index contributed by atoms with van der Waals surface area (Å²) in [4.78, 5) is 14.2. The molecule has 2 aliphatic rings. The topological polar surface area (TPSA) is 52.6 Å². The lowest BCUT2D eigenvalue weighted by Gasteiger charge is -2.34. The van der Waals surface area contributed by atoms with Crippen LogP contribution in [0.2, 0.25) is 0 Å². The molecular formula is C12H22N2O2. The molecule has 3 unspecified atom stereocenters. The van der Waals surface area contributed by atoms with E-state index < -0.39 is 0 Å². The summed E-state index contributed by atoms with van der Waals surface area (Å²) in [7, 11) is 0. The van der Waals surface area contributed by atoms with Gasteiger partial charge >= 0.3 is 0 Å². The number of aliphatic hydroxyl groups is 1. The van der Waals surface area contributed by atoms with Gasteiger partial charge in [-0.3, -0.25) is 4.79 Å². The molecule has 0 aliphatic carbocycles. The number of piperidine rings is 1. The van der Waals surface area contributed by atoms with Crippen molar-refractivity contribution < 1.29 is 9.90 Å². The maximum atomic E-state index is 12.3. The fourth-order valence-electron chi connectivity index (χ4n) is 2.84. The van der Waals surface area contributed by atoms with Crippen molar-refractivity contribution in [3.05, 3.63) is 0 Å². The Morgan fingerprint density at radius 3 is 2.94 bits per heavy atom. The van der Waals surface area contributed by atoms with Crippen LogP contribution in [-0.4, -0.2) is 48.2 Å². The molecule has 0 spiro atoms. The molecule has 3 atom stereocenters. The van der Waals surface area contributed by atoms with E-state index in [1.807, 2.05) is 4.90 Å². The van der Waals surface area contributed by atoms with E-state index in [0.29, 0.717) is 12.0 Å². The van der Waals surface area contributed by atoms with Crippen LogP contribution in [0.5, 0.6) is 0 Å². The number of nitrogens with zero attached hydrogens (tertiary/aromatic N) is 1. The molecule has 0 aromatic rings. The summed E-state index contributed by atoms with van der Waals surface area (Å²) in [5.74, 6) is 0.732. The molecule has 2 aliphatic heterocycles. The molecular weight excluding hydrogens is 204 g/mol. The highest BCUT2D eigenvalue weighted by Crippen LogP contribution is 2.22. The fourth-order valence-corrected chi connectivity index (χ4v) is 2.84. The van der Waals surface area contributed by atoms with E-state index >= 15 is 0 Å². The lowest BCUT2D eigenvalue weighted by atomic mass is 9.95. The summed E-state index contributed by atoms with van der Waals surface area (Å²) in [5, 5.41) is 12.5. The number of rotatable bonds is 2. The van der Waals surface area contributed by atoms with E-state index in [2.05, 4.69) is 12.2 Å². The van der Waals surface area contributed by atoms with Crippen LogP contribution in [0, 0.1) is 11.8 Å². The average molecular weight is 226 g/mol. The maximum absolute atomic E-state index is 12.3. The summed E-state index contributed by atoms with van der Waals surface area (Å²) in [6, 6.07) is 0.307. The third kappa shape index (κ3) is 2.38. The third-order valence-corrected chi connectivity index (χ3v) is 3.93. The fraction of sp³-hybridized carbons (Fsp3) is 0.917. The van der Waals surface area contributed by atoms with Crippen molar-refractivity contribution in [2.45, 2.75) is 32.2 Å². The number of hydrogen-bond donors (Lipinski definition) is 2. The van der Waals surface area contributed by atoms with Gasteiger partial charge in [-0.15, -0.1) is 0 Å². The summed E-state index contributed by atoms with van der Waals surface area (Å²) >= 11 is 0. The molecule has 92 valence electrons. The van der Waals surface area contributed by atoms with Crippen molar-refractivity contribution >= 4 is 5.91 Å². The molecule has 0 radical (unpaired) electrons. The first kappa shape index (κ1) is 11.9. The SMILES string of the molecule is CC1NCCC1C(=O)N1CCCC(CO)C1. The Kier molecular flexibility index (Phi) is 3.82. The van der Waals surface area contributed by atoms with Crippen LogP contribution in [0.15, 0.2) is 0 Å². The van der Waals surface area contributed by atoms with Gasteiger partial charge in [0.15, 0.2) is 0 Å². The monoisotopic (exact) mass is 226 g/mol. The van der Waals surface area contributed by atoms with Crippen molar-refractivity contribution in [3.63, 3.8) is 0 Å². The van der Waals surface area contributed by atoms with E-state index in [9.17, 15) is 4.79 Å². The highest BCUT2D eigenvalue weighted by Gasteiger charge is 2.34. The molecule has 0 bridgehead atoms. The second kappa shape index (κ2) is 5.15. The Labute approximate surface area is 97.0 Å². The van der Waals surface area contributed by atoms with Crippen molar-refractivity contribution in [1.82, 2.24) is 10.2 Å². The average Bonchev–Trinajstić information content (AvgIpc) is 2.74. The molecule has 1 amide bonds. The van der Waals surface area contributed by atoms with Crippen molar-refractivity contribution in [2.75, 3.05) is 26.2 Å². The summed E-state index contributed by atoms with van der Waals surface area (Å²) in [5.41, 5.74) is 0. The smallest absolute Gasteiger partial charge is 0.227 e. The van der Waals surface area contributed by atoms with Crippen LogP contribution in [0.4, 0.5) is 0 Å². The van der Waals surface area contributed by atoms with Gasteiger partial charge in [0.05, 0.1) is 5.92 Å². The standard InChI is InChI=1S/C12H22N2O2/c1-9-11(4-5-13-9)12(16)14-6-2-3-10(7-14)8-15/h9-11,13,15H,2-8H2,1H3. The van der Waals surface area contributed by atoms with E-state index in [1.54, 1.807) is 0 Å². The minimum atomic E-state index is 0.150. The largest absolute Gasteiger partial charge is 0.396 e. The Morgan fingerprint density at radius 1 is 1.50 bits per heavy atom. The van der Waals surface area contributed by atoms with Gasteiger partial charge in [-0.1, -0.05) is 0 Å². The molecule has 2 saturated heterocycles. The van der Waals surface area contributed by atoms with Crippen LogP contribution in [0.3, 0.4) is 0 Å². The zero-order valence-electron chi connectivity index (χ0n) is 9.98. The van der Waals surface area contributed by atoms with Crippen LogP contribution >= 0.6 is 0 Å². The van der Waals surface area contributed by atoms with Gasteiger partial charge in [-0.25, -0.2) is 0 Å². The number of aliphatic hydroxyl groups excluding tert-OH is 1. The normalized spacial score (nSPS) is 35.4. The second-order valence-corrected chi connectivity index (χ2v) is 5.11. The number of carbonyl (C=O) groups excluding carboxylic acids is 1. The molecule has 0 saturated carbocycles. The predicted octanol–water partition coefficient (Wildman–Crippen LogP) is 0.215. The first-order valence-corrected chi connectivity index (χ1v) is 6.35. The number of likely N-dealkylation sites (tertiary alicyclic amines) is 1. The molecule has 2 N–H and O–H groups in total. The molecule has 4 nitrogen and oxygen atoms in total. The minimum absolute atomic E-state index is 0.150. The van der Waals surface area contributed by atoms with Crippen molar-refractivity contribution in [3.8, 4) is 0 Å². The summed E-state index contributed by atoms with van der Waals surface area (Å²) in [6.45, 7) is 4.87. The highest BCUT2D eigenvalue weighted by atomic mass is 16.3. The molecule has 0 aromatic carbocycles.